The van der Waals surface area contributed by atoms with Gasteiger partial charge in [0.2, 0.25) is 5.91 Å². The zero-order valence-corrected chi connectivity index (χ0v) is 23.2. The Bertz CT molecular complexity index is 1240. The van der Waals surface area contributed by atoms with Gasteiger partial charge in [0, 0.05) is 56.9 Å². The van der Waals surface area contributed by atoms with E-state index < -0.39 is 17.3 Å². The number of hydrogen-bond acceptors (Lipinski definition) is 7. The second-order valence-electron chi connectivity index (χ2n) is 11.4. The van der Waals surface area contributed by atoms with Gasteiger partial charge in [-0.05, 0) is 48.6 Å². The number of rotatable bonds is 7. The lowest BCUT2D eigenvalue weighted by molar-refractivity contribution is -0.137. The van der Waals surface area contributed by atoms with Gasteiger partial charge < -0.3 is 20.3 Å². The van der Waals surface area contributed by atoms with Gasteiger partial charge in [-0.15, -0.1) is 0 Å². The lowest BCUT2D eigenvalue weighted by Crippen LogP contribution is -2.56. The summed E-state index contributed by atoms with van der Waals surface area (Å²) in [7, 11) is 0. The van der Waals surface area contributed by atoms with Crippen molar-refractivity contribution < 1.29 is 24.1 Å². The molecule has 11 heteroatoms. The first-order valence-corrected chi connectivity index (χ1v) is 13.6. The van der Waals surface area contributed by atoms with Crippen LogP contribution in [0.5, 0.6) is 5.75 Å². The SMILES string of the molecule is [2H]N1CCN(CCOc2ccc(NC(=O)C3CCN(c4ccc(C#N)c(C(F)(F)F)c4)CC3)nc2)CC1C(C)(C)C. The van der Waals surface area contributed by atoms with Crippen LogP contribution in [0.2, 0.25) is 1.41 Å². The van der Waals surface area contributed by atoms with Crippen LogP contribution in [0.25, 0.3) is 0 Å². The first-order chi connectivity index (χ1) is 19.3. The van der Waals surface area contributed by atoms with Crippen LogP contribution >= 0.6 is 0 Å². The molecule has 2 aromatic rings. The van der Waals surface area contributed by atoms with Gasteiger partial charge in [-0.2, -0.15) is 18.4 Å². The molecular formula is C29H37F3N6O2. The maximum atomic E-state index is 13.3. The summed E-state index contributed by atoms with van der Waals surface area (Å²) in [6.45, 7) is 10.9. The molecule has 0 spiro atoms. The second-order valence-corrected chi connectivity index (χ2v) is 11.4. The summed E-state index contributed by atoms with van der Waals surface area (Å²) in [5.74, 6) is 0.545. The van der Waals surface area contributed by atoms with E-state index in [4.69, 9.17) is 11.4 Å². The zero-order chi connectivity index (χ0) is 29.8. The Morgan fingerprint density at radius 3 is 2.60 bits per heavy atom. The maximum Gasteiger partial charge on any atom is 0.417 e. The average Bonchev–Trinajstić information content (AvgIpc) is 2.93. The van der Waals surface area contributed by atoms with Crippen molar-refractivity contribution in [2.75, 3.05) is 56.1 Å². The van der Waals surface area contributed by atoms with E-state index in [1.807, 2.05) is 0 Å². The number of benzene rings is 1. The van der Waals surface area contributed by atoms with Gasteiger partial charge in [0.1, 0.15) is 19.6 Å². The Morgan fingerprint density at radius 1 is 1.23 bits per heavy atom. The van der Waals surface area contributed by atoms with Crippen molar-refractivity contribution in [3.63, 3.8) is 0 Å². The first-order valence-electron chi connectivity index (χ1n) is 14.0. The van der Waals surface area contributed by atoms with Crippen LogP contribution in [0.1, 0.15) is 44.7 Å². The van der Waals surface area contributed by atoms with E-state index in [0.717, 1.165) is 25.7 Å². The Labute approximate surface area is 235 Å². The summed E-state index contributed by atoms with van der Waals surface area (Å²) in [6.07, 6.45) is -2.07. The van der Waals surface area contributed by atoms with Gasteiger partial charge in [-0.25, -0.2) is 4.98 Å². The number of anilines is 2. The van der Waals surface area contributed by atoms with Crippen molar-refractivity contribution in [1.82, 2.24) is 15.2 Å². The Morgan fingerprint density at radius 2 is 1.98 bits per heavy atom. The minimum Gasteiger partial charge on any atom is -0.491 e. The molecule has 1 unspecified atom stereocenters. The molecule has 0 radical (unpaired) electrons. The van der Waals surface area contributed by atoms with E-state index in [0.29, 0.717) is 56.3 Å². The molecule has 4 rings (SSSR count). The van der Waals surface area contributed by atoms with Crippen LogP contribution in [0.15, 0.2) is 36.5 Å². The van der Waals surface area contributed by atoms with Crippen LogP contribution in [-0.4, -0.2) is 67.7 Å². The minimum absolute atomic E-state index is 0.0220. The predicted octanol–water partition coefficient (Wildman–Crippen LogP) is 4.53. The zero-order valence-electron chi connectivity index (χ0n) is 24.2. The van der Waals surface area contributed by atoms with Crippen LogP contribution in [0.4, 0.5) is 24.7 Å². The Balaban J connectivity index is 1.22. The molecule has 0 aliphatic carbocycles. The minimum atomic E-state index is -4.61. The number of piperidine rings is 1. The highest BCUT2D eigenvalue weighted by molar-refractivity contribution is 5.91. The van der Waals surface area contributed by atoms with Gasteiger partial charge in [-0.3, -0.25) is 9.69 Å². The Kier molecular flexibility index (Phi) is 8.76. The van der Waals surface area contributed by atoms with Crippen LogP contribution in [0.3, 0.4) is 0 Å². The molecule has 8 nitrogen and oxygen atoms in total. The van der Waals surface area contributed by atoms with Crippen molar-refractivity contribution in [1.29, 1.82) is 5.26 Å². The highest BCUT2D eigenvalue weighted by Crippen LogP contribution is 2.35. The number of amides is 1. The van der Waals surface area contributed by atoms with E-state index in [1.165, 1.54) is 12.1 Å². The smallest absolute Gasteiger partial charge is 0.417 e. The number of hydrogen-bond donors (Lipinski definition) is 2. The van der Waals surface area contributed by atoms with E-state index in [-0.39, 0.29) is 23.3 Å². The van der Waals surface area contributed by atoms with Crippen molar-refractivity contribution in [3.8, 4) is 11.8 Å². The summed E-state index contributed by atoms with van der Waals surface area (Å²) in [6, 6.07) is 8.92. The number of nitrogens with one attached hydrogen (secondary N) is 2. The summed E-state index contributed by atoms with van der Waals surface area (Å²) in [5.41, 5.74) is -0.942. The van der Waals surface area contributed by atoms with E-state index in [9.17, 15) is 18.0 Å². The first kappa shape index (κ1) is 28.2. The standard InChI is InChI=1S/C29H37F3N6O2/c1-28(2,3)25-19-37(13-10-34-25)14-15-40-23-6-7-26(35-18-23)36-27(39)20-8-11-38(12-9-20)22-5-4-21(17-33)24(16-22)29(30,31)32/h4-7,16,18,20,25,34H,8-15,19H2,1-3H3,(H,35,36,39)/i/hD. The lowest BCUT2D eigenvalue weighted by atomic mass is 9.85. The van der Waals surface area contributed by atoms with Gasteiger partial charge in [-0.1, -0.05) is 20.8 Å². The molecule has 2 aliphatic rings. The molecule has 2 fully saturated rings. The van der Waals surface area contributed by atoms with Gasteiger partial charge in [0.25, 0.3) is 0 Å². The molecular weight excluding hydrogens is 521 g/mol. The number of nitriles is 1. The Hall–Kier alpha value is -3.36. The molecule has 0 saturated carbocycles. The number of nitrogens with zero attached hydrogens (tertiary/aromatic N) is 4. The molecule has 1 atom stereocenters. The van der Waals surface area contributed by atoms with Gasteiger partial charge in [0.15, 0.2) is 0 Å². The highest BCUT2D eigenvalue weighted by Gasteiger charge is 2.35. The quantitative estimate of drug-likeness (QED) is 0.515. The fourth-order valence-corrected chi connectivity index (χ4v) is 5.02. The molecule has 2 aliphatic heterocycles. The number of aromatic nitrogens is 1. The fourth-order valence-electron chi connectivity index (χ4n) is 5.02. The molecule has 2 N–H and O–H groups in total. The normalized spacial score (nSPS) is 20.1. The number of piperazine rings is 1. The highest BCUT2D eigenvalue weighted by atomic mass is 19.4. The fraction of sp³-hybridized carbons (Fsp3) is 0.552. The largest absolute Gasteiger partial charge is 0.491 e. The van der Waals surface area contributed by atoms with Gasteiger partial charge >= 0.3 is 6.18 Å². The third-order valence-electron chi connectivity index (χ3n) is 7.52. The van der Waals surface area contributed by atoms with E-state index >= 15 is 0 Å². The van der Waals surface area contributed by atoms with Crippen molar-refractivity contribution in [3.05, 3.63) is 47.7 Å². The lowest BCUT2D eigenvalue weighted by Gasteiger charge is -2.40. The molecule has 3 heterocycles. The molecule has 40 heavy (non-hydrogen) atoms. The number of carbonyl (C=O) groups is 1. The number of alkyl halides is 3. The molecule has 2 saturated heterocycles. The number of ether oxygens (including phenoxy) is 1. The summed E-state index contributed by atoms with van der Waals surface area (Å²) in [4.78, 5) is 21.2. The summed E-state index contributed by atoms with van der Waals surface area (Å²) in [5, 5.41) is 13.5. The third-order valence-corrected chi connectivity index (χ3v) is 7.52. The monoisotopic (exact) mass is 559 g/mol. The van der Waals surface area contributed by atoms with Crippen LogP contribution < -0.4 is 20.3 Å². The van der Waals surface area contributed by atoms with Crippen LogP contribution in [0, 0.1) is 22.7 Å². The average molecular weight is 560 g/mol. The predicted molar refractivity (Wildman–Crippen MR) is 147 cm³/mol. The molecule has 0 bridgehead atoms. The topological polar surface area (TPSA) is 93.5 Å². The van der Waals surface area contributed by atoms with Gasteiger partial charge in [0.05, 0.1) is 23.4 Å². The molecule has 216 valence electrons. The van der Waals surface area contributed by atoms with Crippen LogP contribution in [-0.2, 0) is 11.0 Å². The van der Waals surface area contributed by atoms with E-state index in [1.54, 1.807) is 34.6 Å². The number of carbonyl (C=O) groups excluding carboxylic acids is 1. The number of pyridine rings is 1. The number of halogens is 3. The van der Waals surface area contributed by atoms with E-state index in [2.05, 4.69) is 36.0 Å². The third kappa shape index (κ3) is 7.64. The summed E-state index contributed by atoms with van der Waals surface area (Å²) < 4.78 is 54.1. The maximum absolute atomic E-state index is 13.3. The second kappa shape index (κ2) is 12.4. The molecule has 1 amide bonds. The molecule has 1 aromatic carbocycles. The van der Waals surface area contributed by atoms with Crippen molar-refractivity contribution in [2.45, 2.75) is 45.8 Å². The van der Waals surface area contributed by atoms with Crippen molar-refractivity contribution >= 4 is 17.4 Å². The summed E-state index contributed by atoms with van der Waals surface area (Å²) >= 11 is 0. The van der Waals surface area contributed by atoms with Crippen molar-refractivity contribution in [2.24, 2.45) is 11.3 Å². The molecule has 1 aromatic heterocycles.